The topological polar surface area (TPSA) is 85.6 Å². The van der Waals surface area contributed by atoms with Crippen molar-refractivity contribution in [2.75, 3.05) is 5.32 Å². The molecule has 3 aromatic rings. The summed E-state index contributed by atoms with van der Waals surface area (Å²) in [5.74, 6) is -0.718. The summed E-state index contributed by atoms with van der Waals surface area (Å²) in [6.45, 7) is 3.76. The van der Waals surface area contributed by atoms with E-state index in [2.05, 4.69) is 5.32 Å². The van der Waals surface area contributed by atoms with Crippen LogP contribution in [0, 0.1) is 13.8 Å². The van der Waals surface area contributed by atoms with Crippen molar-refractivity contribution in [1.82, 2.24) is 0 Å². The van der Waals surface area contributed by atoms with E-state index in [0.717, 1.165) is 27.1 Å². The third-order valence-corrected chi connectivity index (χ3v) is 6.24. The van der Waals surface area contributed by atoms with Gasteiger partial charge in [-0.15, -0.1) is 11.8 Å². The van der Waals surface area contributed by atoms with Crippen molar-refractivity contribution in [1.29, 1.82) is 0 Å². The second-order valence-electron chi connectivity index (χ2n) is 6.93. The maximum absolute atomic E-state index is 12.4. The molecule has 29 heavy (non-hydrogen) atoms. The van der Waals surface area contributed by atoms with E-state index in [1.165, 1.54) is 17.8 Å². The zero-order chi connectivity index (χ0) is 20.5. The summed E-state index contributed by atoms with van der Waals surface area (Å²) in [7, 11) is 0. The minimum absolute atomic E-state index is 0.0532. The highest BCUT2D eigenvalue weighted by Crippen LogP contribution is 2.36. The number of hydrogen-bond acceptors (Lipinski definition) is 6. The Morgan fingerprint density at radius 2 is 1.97 bits per heavy atom. The Morgan fingerprint density at radius 3 is 2.79 bits per heavy atom. The number of carbonyl (C=O) groups excluding carboxylic acids is 2. The van der Waals surface area contributed by atoms with E-state index in [1.54, 1.807) is 0 Å². The largest absolute Gasteiger partial charge is 0.461 e. The van der Waals surface area contributed by atoms with Gasteiger partial charge < -0.3 is 14.5 Å². The Labute approximate surface area is 171 Å². The minimum atomic E-state index is -0.556. The summed E-state index contributed by atoms with van der Waals surface area (Å²) >= 11 is 1.35. The molecule has 1 atom stereocenters. The molecule has 0 bridgehead atoms. The van der Waals surface area contributed by atoms with E-state index >= 15 is 0 Å². The number of anilines is 1. The number of esters is 1. The molecule has 0 aliphatic carbocycles. The third kappa shape index (κ3) is 3.91. The van der Waals surface area contributed by atoms with Gasteiger partial charge >= 0.3 is 11.6 Å². The number of hydrogen-bond donors (Lipinski definition) is 1. The number of rotatable bonds is 4. The van der Waals surface area contributed by atoms with Crippen LogP contribution in [-0.2, 0) is 20.9 Å². The molecular weight excluding hydrogens is 390 g/mol. The van der Waals surface area contributed by atoms with E-state index < -0.39 is 16.8 Å². The molecule has 0 spiro atoms. The fourth-order valence-electron chi connectivity index (χ4n) is 3.24. The maximum atomic E-state index is 12.4. The number of carbonyl (C=O) groups is 2. The normalized spacial score (nSPS) is 15.7. The van der Waals surface area contributed by atoms with Gasteiger partial charge in [-0.3, -0.25) is 9.59 Å². The molecule has 0 radical (unpaired) electrons. The lowest BCUT2D eigenvalue weighted by Crippen LogP contribution is -2.31. The first kappa shape index (κ1) is 19.3. The Morgan fingerprint density at radius 1 is 1.17 bits per heavy atom. The molecule has 148 valence electrons. The SMILES string of the molecule is Cc1ccc2c(COC(=O)CC3Sc4ccccc4NC3=O)cc(=O)oc2c1C. The van der Waals surface area contributed by atoms with E-state index in [0.29, 0.717) is 11.1 Å². The summed E-state index contributed by atoms with van der Waals surface area (Å²) in [4.78, 5) is 37.5. The summed E-state index contributed by atoms with van der Waals surface area (Å²) in [6.07, 6.45) is -0.0532. The molecule has 4 rings (SSSR count). The molecule has 1 amide bonds. The van der Waals surface area contributed by atoms with Gasteiger partial charge in [-0.05, 0) is 37.1 Å². The van der Waals surface area contributed by atoms with E-state index in [1.807, 2.05) is 50.2 Å². The molecule has 1 N–H and O–H groups in total. The Bertz CT molecular complexity index is 1180. The van der Waals surface area contributed by atoms with Crippen LogP contribution in [0.5, 0.6) is 0 Å². The number of benzene rings is 2. The number of ether oxygens (including phenoxy) is 1. The maximum Gasteiger partial charge on any atom is 0.336 e. The van der Waals surface area contributed by atoms with Gasteiger partial charge in [-0.1, -0.05) is 24.3 Å². The lowest BCUT2D eigenvalue weighted by atomic mass is 10.0. The highest BCUT2D eigenvalue weighted by molar-refractivity contribution is 8.01. The van der Waals surface area contributed by atoms with Gasteiger partial charge in [0.05, 0.1) is 17.4 Å². The third-order valence-electron chi connectivity index (χ3n) is 4.96. The number of fused-ring (bicyclic) bond motifs is 2. The van der Waals surface area contributed by atoms with Crippen molar-refractivity contribution >= 4 is 40.3 Å². The molecule has 2 aromatic carbocycles. The highest BCUT2D eigenvalue weighted by Gasteiger charge is 2.29. The molecule has 2 heterocycles. The van der Waals surface area contributed by atoms with Crippen LogP contribution in [0.15, 0.2) is 56.6 Å². The Balaban J connectivity index is 1.47. The van der Waals surface area contributed by atoms with E-state index in [-0.39, 0.29) is 18.9 Å². The first-order chi connectivity index (χ1) is 13.9. The molecule has 0 saturated heterocycles. The predicted octanol–water partition coefficient (Wildman–Crippen LogP) is 3.96. The molecule has 1 aliphatic rings. The van der Waals surface area contributed by atoms with Crippen molar-refractivity contribution in [2.24, 2.45) is 0 Å². The van der Waals surface area contributed by atoms with Crippen LogP contribution in [0.1, 0.15) is 23.1 Å². The molecule has 0 saturated carbocycles. The number of para-hydroxylation sites is 1. The molecule has 7 heteroatoms. The van der Waals surface area contributed by atoms with Crippen molar-refractivity contribution in [3.8, 4) is 0 Å². The summed E-state index contributed by atoms with van der Waals surface area (Å²) in [5.41, 5.74) is 3.23. The number of thioether (sulfide) groups is 1. The van der Waals surface area contributed by atoms with Crippen LogP contribution < -0.4 is 10.9 Å². The zero-order valence-electron chi connectivity index (χ0n) is 16.0. The number of amides is 1. The molecule has 0 fully saturated rings. The van der Waals surface area contributed by atoms with Gasteiger partial charge in [0.25, 0.3) is 0 Å². The standard InChI is InChI=1S/C22H19NO5S/c1-12-7-8-15-14(9-20(25)28-21(15)13(12)2)11-27-19(24)10-18-22(26)23-16-5-3-4-6-17(16)29-18/h3-9,18H,10-11H2,1-2H3,(H,23,26). The summed E-state index contributed by atoms with van der Waals surface area (Å²) in [6, 6.07) is 12.6. The summed E-state index contributed by atoms with van der Waals surface area (Å²) < 4.78 is 10.7. The minimum Gasteiger partial charge on any atom is -0.461 e. The molecule has 1 aliphatic heterocycles. The quantitative estimate of drug-likeness (QED) is 0.519. The lowest BCUT2D eigenvalue weighted by molar-refractivity contribution is -0.145. The fraction of sp³-hybridized carbons (Fsp3) is 0.227. The first-order valence-corrected chi connectivity index (χ1v) is 10.1. The average molecular weight is 409 g/mol. The van der Waals surface area contributed by atoms with Gasteiger partial charge in [0.15, 0.2) is 0 Å². The molecular formula is C22H19NO5S. The Kier molecular flexibility index (Phi) is 5.15. The molecule has 6 nitrogen and oxygen atoms in total. The van der Waals surface area contributed by atoms with Gasteiger partial charge in [0, 0.05) is 21.9 Å². The van der Waals surface area contributed by atoms with Crippen LogP contribution in [0.25, 0.3) is 11.0 Å². The highest BCUT2D eigenvalue weighted by atomic mass is 32.2. The van der Waals surface area contributed by atoms with Crippen LogP contribution in [0.2, 0.25) is 0 Å². The predicted molar refractivity (Wildman–Crippen MR) is 111 cm³/mol. The lowest BCUT2D eigenvalue weighted by Gasteiger charge is -2.23. The number of aryl methyl sites for hydroxylation is 2. The molecule has 1 aromatic heterocycles. The second kappa shape index (κ2) is 7.75. The van der Waals surface area contributed by atoms with Gasteiger partial charge in [-0.2, -0.15) is 0 Å². The fourth-order valence-corrected chi connectivity index (χ4v) is 4.33. The van der Waals surface area contributed by atoms with Gasteiger partial charge in [0.1, 0.15) is 12.2 Å². The number of nitrogens with one attached hydrogen (secondary N) is 1. The van der Waals surface area contributed by atoms with Gasteiger partial charge in [-0.25, -0.2) is 4.79 Å². The first-order valence-electron chi connectivity index (χ1n) is 9.17. The second-order valence-corrected chi connectivity index (χ2v) is 8.18. The summed E-state index contributed by atoms with van der Waals surface area (Å²) in [5, 5.41) is 2.99. The monoisotopic (exact) mass is 409 g/mol. The smallest absolute Gasteiger partial charge is 0.336 e. The van der Waals surface area contributed by atoms with Crippen molar-refractivity contribution < 1.29 is 18.7 Å². The van der Waals surface area contributed by atoms with Crippen LogP contribution in [0.3, 0.4) is 0 Å². The van der Waals surface area contributed by atoms with E-state index in [4.69, 9.17) is 9.15 Å². The van der Waals surface area contributed by atoms with Crippen LogP contribution >= 0.6 is 11.8 Å². The average Bonchev–Trinajstić information content (AvgIpc) is 2.70. The van der Waals surface area contributed by atoms with Crippen LogP contribution in [-0.4, -0.2) is 17.1 Å². The Hall–Kier alpha value is -3.06. The van der Waals surface area contributed by atoms with Crippen molar-refractivity contribution in [2.45, 2.75) is 37.0 Å². The molecule has 1 unspecified atom stereocenters. The van der Waals surface area contributed by atoms with Crippen LogP contribution in [0.4, 0.5) is 5.69 Å². The van der Waals surface area contributed by atoms with Crippen molar-refractivity contribution in [3.05, 3.63) is 69.6 Å². The van der Waals surface area contributed by atoms with Crippen molar-refractivity contribution in [3.63, 3.8) is 0 Å². The zero-order valence-corrected chi connectivity index (χ0v) is 16.8. The van der Waals surface area contributed by atoms with Gasteiger partial charge in [0.2, 0.25) is 5.91 Å². The van der Waals surface area contributed by atoms with E-state index in [9.17, 15) is 14.4 Å².